The summed E-state index contributed by atoms with van der Waals surface area (Å²) in [7, 11) is 0. The average molecular weight is 369 g/mol. The highest BCUT2D eigenvalue weighted by Crippen LogP contribution is 2.30. The molecule has 0 aromatic rings. The third-order valence-corrected chi connectivity index (χ3v) is 3.62. The Morgan fingerprint density at radius 2 is 1.57 bits per heavy atom. The lowest BCUT2D eigenvalue weighted by atomic mass is 10.0. The molecule has 5 atom stereocenters. The molecule has 1 heterocycles. The molecule has 120 valence electrons. The third-order valence-electron chi connectivity index (χ3n) is 2.65. The van der Waals surface area contributed by atoms with Crippen molar-refractivity contribution in [3.05, 3.63) is 0 Å². The highest BCUT2D eigenvalue weighted by Gasteiger charge is 2.48. The van der Waals surface area contributed by atoms with Crippen molar-refractivity contribution in [3.63, 3.8) is 0 Å². The molecule has 1 aliphatic rings. The van der Waals surface area contributed by atoms with Crippen molar-refractivity contribution < 1.29 is 38.4 Å². The van der Waals surface area contributed by atoms with Gasteiger partial charge in [-0.25, -0.2) is 0 Å². The molecule has 21 heavy (non-hydrogen) atoms. The molecule has 1 fully saturated rings. The Morgan fingerprint density at radius 1 is 1.05 bits per heavy atom. The molecule has 8 nitrogen and oxygen atoms in total. The maximum Gasteiger partial charge on any atom is 0.303 e. The number of hydrogen-bond acceptors (Lipinski definition) is 8. The largest absolute Gasteiger partial charge is 0.463 e. The summed E-state index contributed by atoms with van der Waals surface area (Å²) in [4.78, 5) is 32.5. The first-order valence-corrected chi connectivity index (χ1v) is 7.09. The number of esters is 3. The van der Waals surface area contributed by atoms with Crippen LogP contribution in [0.5, 0.6) is 0 Å². The van der Waals surface area contributed by atoms with Crippen LogP contribution in [0.3, 0.4) is 0 Å². The summed E-state index contributed by atoms with van der Waals surface area (Å²) < 4.78 is 20.2. The fourth-order valence-corrected chi connectivity index (χ4v) is 2.41. The van der Waals surface area contributed by atoms with Gasteiger partial charge < -0.3 is 24.1 Å². The standard InChI is InChI=1S/C12H17BrO8/c1-5(14)18-4-8-10(19-6(2)15)11(20-7(3)16)9(13)12(17)21-8/h8-12,17H,4H2,1-3H3/t8-,9+,10+,11-,12-/m1/s1. The van der Waals surface area contributed by atoms with Gasteiger partial charge in [-0.15, -0.1) is 0 Å². The predicted octanol–water partition coefficient (Wildman–Crippen LogP) is -0.106. The van der Waals surface area contributed by atoms with Gasteiger partial charge in [-0.2, -0.15) is 0 Å². The Bertz CT molecular complexity index is 412. The second-order valence-electron chi connectivity index (χ2n) is 4.46. The topological polar surface area (TPSA) is 108 Å². The van der Waals surface area contributed by atoms with E-state index in [1.165, 1.54) is 20.8 Å². The van der Waals surface area contributed by atoms with E-state index in [1.807, 2.05) is 0 Å². The van der Waals surface area contributed by atoms with Crippen molar-refractivity contribution in [2.45, 2.75) is 50.2 Å². The van der Waals surface area contributed by atoms with Crippen LogP contribution in [0.25, 0.3) is 0 Å². The average Bonchev–Trinajstić information content (AvgIpc) is 2.35. The summed E-state index contributed by atoms with van der Waals surface area (Å²) in [6, 6.07) is 0. The summed E-state index contributed by atoms with van der Waals surface area (Å²) in [6.07, 6.45) is -4.26. The Kier molecular flexibility index (Phi) is 6.56. The molecule has 9 heteroatoms. The molecule has 1 N–H and O–H groups in total. The van der Waals surface area contributed by atoms with Crippen molar-refractivity contribution in [2.24, 2.45) is 0 Å². The van der Waals surface area contributed by atoms with Crippen LogP contribution in [0.15, 0.2) is 0 Å². The van der Waals surface area contributed by atoms with Gasteiger partial charge in [0, 0.05) is 20.8 Å². The van der Waals surface area contributed by atoms with Crippen molar-refractivity contribution >= 4 is 33.8 Å². The minimum absolute atomic E-state index is 0.248. The van der Waals surface area contributed by atoms with E-state index in [1.54, 1.807) is 0 Å². The molecule has 1 saturated heterocycles. The smallest absolute Gasteiger partial charge is 0.303 e. The van der Waals surface area contributed by atoms with E-state index in [0.29, 0.717) is 0 Å². The van der Waals surface area contributed by atoms with Gasteiger partial charge >= 0.3 is 17.9 Å². The van der Waals surface area contributed by atoms with E-state index in [0.717, 1.165) is 0 Å². The molecule has 0 amide bonds. The first-order chi connectivity index (χ1) is 9.72. The van der Waals surface area contributed by atoms with Crippen LogP contribution in [0.2, 0.25) is 0 Å². The highest BCUT2D eigenvalue weighted by molar-refractivity contribution is 9.09. The quantitative estimate of drug-likeness (QED) is 0.416. The van der Waals surface area contributed by atoms with Crippen LogP contribution >= 0.6 is 15.9 Å². The van der Waals surface area contributed by atoms with E-state index in [9.17, 15) is 19.5 Å². The molecular formula is C12H17BrO8. The number of hydrogen-bond donors (Lipinski definition) is 1. The first kappa shape index (κ1) is 17.9. The van der Waals surface area contributed by atoms with E-state index in [4.69, 9.17) is 18.9 Å². The zero-order chi connectivity index (χ0) is 16.2. The summed E-state index contributed by atoms with van der Waals surface area (Å²) in [5.74, 6) is -1.79. The first-order valence-electron chi connectivity index (χ1n) is 6.17. The van der Waals surface area contributed by atoms with Crippen LogP contribution in [-0.4, -0.2) is 59.1 Å². The van der Waals surface area contributed by atoms with Gasteiger partial charge in [-0.1, -0.05) is 15.9 Å². The molecule has 0 spiro atoms. The zero-order valence-corrected chi connectivity index (χ0v) is 13.4. The van der Waals surface area contributed by atoms with E-state index >= 15 is 0 Å². The minimum Gasteiger partial charge on any atom is -0.463 e. The summed E-state index contributed by atoms with van der Waals surface area (Å²) >= 11 is 3.14. The number of ether oxygens (including phenoxy) is 4. The second-order valence-corrected chi connectivity index (χ2v) is 5.52. The van der Waals surface area contributed by atoms with Gasteiger partial charge in [0.2, 0.25) is 0 Å². The van der Waals surface area contributed by atoms with Crippen LogP contribution in [0.4, 0.5) is 0 Å². The summed E-state index contributed by atoms with van der Waals surface area (Å²) in [6.45, 7) is 3.33. The lowest BCUT2D eigenvalue weighted by Crippen LogP contribution is -2.59. The van der Waals surface area contributed by atoms with E-state index < -0.39 is 47.3 Å². The summed E-state index contributed by atoms with van der Waals surface area (Å²) in [5, 5.41) is 9.81. The van der Waals surface area contributed by atoms with Gasteiger partial charge in [0.05, 0.1) is 0 Å². The Hall–Kier alpha value is -1.19. The van der Waals surface area contributed by atoms with Crippen molar-refractivity contribution in [1.82, 2.24) is 0 Å². The number of alkyl halides is 1. The molecule has 1 aliphatic heterocycles. The third kappa shape index (κ3) is 5.25. The Balaban J connectivity index is 2.94. The number of aliphatic hydroxyl groups excluding tert-OH is 1. The van der Waals surface area contributed by atoms with Crippen molar-refractivity contribution in [1.29, 1.82) is 0 Å². The number of aliphatic hydroxyl groups is 1. The van der Waals surface area contributed by atoms with Crippen LogP contribution < -0.4 is 0 Å². The molecule has 0 aliphatic carbocycles. The van der Waals surface area contributed by atoms with Gasteiger partial charge in [0.25, 0.3) is 0 Å². The highest BCUT2D eigenvalue weighted by atomic mass is 79.9. The SMILES string of the molecule is CC(=O)OC[C@H]1O[C@@H](O)[C@@H](Br)[C@@H](OC(C)=O)[C@H]1OC(C)=O. The molecule has 1 rings (SSSR count). The normalized spacial score (nSPS) is 32.1. The number of carbonyl (C=O) groups is 3. The molecule has 0 aromatic heterocycles. The second kappa shape index (κ2) is 7.71. The fourth-order valence-electron chi connectivity index (χ4n) is 1.88. The molecule has 0 aromatic carbocycles. The lowest BCUT2D eigenvalue weighted by Gasteiger charge is -2.41. The number of halogens is 1. The van der Waals surface area contributed by atoms with Gasteiger partial charge in [0.1, 0.15) is 17.5 Å². The van der Waals surface area contributed by atoms with Gasteiger partial charge in [-0.05, 0) is 0 Å². The molecular weight excluding hydrogens is 352 g/mol. The Morgan fingerprint density at radius 3 is 2.05 bits per heavy atom. The van der Waals surface area contributed by atoms with Gasteiger partial charge in [0.15, 0.2) is 18.5 Å². The van der Waals surface area contributed by atoms with E-state index in [2.05, 4.69) is 15.9 Å². The van der Waals surface area contributed by atoms with Crippen LogP contribution in [-0.2, 0) is 33.3 Å². The molecule has 0 radical (unpaired) electrons. The van der Waals surface area contributed by atoms with Crippen LogP contribution in [0, 0.1) is 0 Å². The monoisotopic (exact) mass is 368 g/mol. The lowest BCUT2D eigenvalue weighted by molar-refractivity contribution is -0.248. The van der Waals surface area contributed by atoms with E-state index in [-0.39, 0.29) is 6.61 Å². The van der Waals surface area contributed by atoms with Crippen molar-refractivity contribution in [2.75, 3.05) is 6.61 Å². The molecule has 0 saturated carbocycles. The summed E-state index contributed by atoms with van der Waals surface area (Å²) in [5.41, 5.74) is 0. The Labute approximate surface area is 129 Å². The van der Waals surface area contributed by atoms with Crippen molar-refractivity contribution in [3.8, 4) is 0 Å². The minimum atomic E-state index is -1.32. The van der Waals surface area contributed by atoms with Gasteiger partial charge in [-0.3, -0.25) is 14.4 Å². The maximum absolute atomic E-state index is 11.2. The van der Waals surface area contributed by atoms with Crippen LogP contribution in [0.1, 0.15) is 20.8 Å². The zero-order valence-electron chi connectivity index (χ0n) is 11.8. The predicted molar refractivity (Wildman–Crippen MR) is 71.3 cm³/mol. The fraction of sp³-hybridized carbons (Fsp3) is 0.750. The number of rotatable bonds is 4. The molecule has 0 unspecified atom stereocenters. The maximum atomic E-state index is 11.2. The molecule has 0 bridgehead atoms. The number of carbonyl (C=O) groups excluding carboxylic acids is 3.